The molecule has 0 saturated carbocycles. The molecule has 4 nitrogen and oxygen atoms in total. The van der Waals surface area contributed by atoms with Gasteiger partial charge in [-0.25, -0.2) is 0 Å². The summed E-state index contributed by atoms with van der Waals surface area (Å²) < 4.78 is 10.8. The van der Waals surface area contributed by atoms with Gasteiger partial charge in [-0.3, -0.25) is 4.79 Å². The molecule has 0 aliphatic heterocycles. The van der Waals surface area contributed by atoms with Crippen LogP contribution in [-0.4, -0.2) is 19.1 Å². The second-order valence-corrected chi connectivity index (χ2v) is 5.71. The SMILES string of the molecule is COc1ccccc1CNC(=O)[C@H](C)Oc1ccc(Cl)cc1Cl. The number of hydrogen-bond donors (Lipinski definition) is 1. The zero-order chi connectivity index (χ0) is 16.8. The third-order valence-electron chi connectivity index (χ3n) is 3.21. The summed E-state index contributed by atoms with van der Waals surface area (Å²) in [6.07, 6.45) is -0.691. The van der Waals surface area contributed by atoms with Gasteiger partial charge in [-0.15, -0.1) is 0 Å². The van der Waals surface area contributed by atoms with Gasteiger partial charge in [0.25, 0.3) is 5.91 Å². The molecule has 0 fully saturated rings. The predicted molar refractivity (Wildman–Crippen MR) is 91.4 cm³/mol. The van der Waals surface area contributed by atoms with Crippen LogP contribution < -0.4 is 14.8 Å². The van der Waals surface area contributed by atoms with Crippen molar-refractivity contribution in [2.24, 2.45) is 0 Å². The highest BCUT2D eigenvalue weighted by Gasteiger charge is 2.16. The molecule has 0 aliphatic carbocycles. The van der Waals surface area contributed by atoms with Crippen molar-refractivity contribution < 1.29 is 14.3 Å². The van der Waals surface area contributed by atoms with Crippen molar-refractivity contribution >= 4 is 29.1 Å². The van der Waals surface area contributed by atoms with Gasteiger partial charge < -0.3 is 14.8 Å². The maximum atomic E-state index is 12.2. The van der Waals surface area contributed by atoms with E-state index in [1.165, 1.54) is 0 Å². The van der Waals surface area contributed by atoms with Gasteiger partial charge in [0.2, 0.25) is 0 Å². The van der Waals surface area contributed by atoms with Crippen LogP contribution in [0.2, 0.25) is 10.0 Å². The van der Waals surface area contributed by atoms with Crippen molar-refractivity contribution in [1.29, 1.82) is 0 Å². The summed E-state index contributed by atoms with van der Waals surface area (Å²) in [5.74, 6) is 0.889. The molecule has 0 unspecified atom stereocenters. The molecule has 6 heteroatoms. The topological polar surface area (TPSA) is 47.6 Å². The van der Waals surface area contributed by atoms with Gasteiger partial charge in [0.1, 0.15) is 11.5 Å². The molecular formula is C17H17Cl2NO3. The number of ether oxygens (including phenoxy) is 2. The number of carbonyl (C=O) groups is 1. The fourth-order valence-electron chi connectivity index (χ4n) is 1.99. The predicted octanol–water partition coefficient (Wildman–Crippen LogP) is 4.09. The van der Waals surface area contributed by atoms with Crippen molar-refractivity contribution in [3.63, 3.8) is 0 Å². The summed E-state index contributed by atoms with van der Waals surface area (Å²) in [6, 6.07) is 12.3. The molecule has 0 saturated heterocycles. The van der Waals surface area contributed by atoms with Crippen LogP contribution in [0.3, 0.4) is 0 Å². The first-order chi connectivity index (χ1) is 11.0. The van der Waals surface area contributed by atoms with E-state index in [0.29, 0.717) is 22.3 Å². The minimum Gasteiger partial charge on any atom is -0.496 e. The van der Waals surface area contributed by atoms with Gasteiger partial charge in [-0.1, -0.05) is 41.4 Å². The molecular weight excluding hydrogens is 337 g/mol. The summed E-state index contributed by atoms with van der Waals surface area (Å²) in [5.41, 5.74) is 0.889. The molecule has 0 heterocycles. The fourth-order valence-corrected chi connectivity index (χ4v) is 2.44. The number of amides is 1. The van der Waals surface area contributed by atoms with E-state index in [-0.39, 0.29) is 5.91 Å². The minimum atomic E-state index is -0.691. The van der Waals surface area contributed by atoms with Crippen LogP contribution in [0.1, 0.15) is 12.5 Å². The van der Waals surface area contributed by atoms with Crippen molar-refractivity contribution in [2.75, 3.05) is 7.11 Å². The third kappa shape index (κ3) is 4.78. The normalized spacial score (nSPS) is 11.7. The number of hydrogen-bond acceptors (Lipinski definition) is 3. The monoisotopic (exact) mass is 353 g/mol. The quantitative estimate of drug-likeness (QED) is 0.850. The van der Waals surface area contributed by atoms with E-state index in [1.807, 2.05) is 24.3 Å². The van der Waals surface area contributed by atoms with Crippen LogP contribution >= 0.6 is 23.2 Å². The molecule has 1 atom stereocenters. The van der Waals surface area contributed by atoms with E-state index in [2.05, 4.69) is 5.32 Å². The summed E-state index contributed by atoms with van der Waals surface area (Å²) in [7, 11) is 1.59. The van der Waals surface area contributed by atoms with Crippen LogP contribution in [-0.2, 0) is 11.3 Å². The Labute approximate surface area is 145 Å². The highest BCUT2D eigenvalue weighted by atomic mass is 35.5. The maximum Gasteiger partial charge on any atom is 0.261 e. The highest BCUT2D eigenvalue weighted by Crippen LogP contribution is 2.28. The standard InChI is InChI=1S/C17H17Cl2NO3/c1-11(23-16-8-7-13(18)9-14(16)19)17(21)20-10-12-5-3-4-6-15(12)22-2/h3-9,11H,10H2,1-2H3,(H,20,21)/t11-/m0/s1. The molecule has 0 aliphatic rings. The van der Waals surface area contributed by atoms with Gasteiger partial charge in [-0.05, 0) is 31.2 Å². The first-order valence-electron chi connectivity index (χ1n) is 7.02. The van der Waals surface area contributed by atoms with Crippen molar-refractivity contribution in [3.8, 4) is 11.5 Å². The van der Waals surface area contributed by atoms with Gasteiger partial charge >= 0.3 is 0 Å². The summed E-state index contributed by atoms with van der Waals surface area (Å²) in [5, 5.41) is 3.68. The zero-order valence-electron chi connectivity index (χ0n) is 12.8. The number of nitrogens with one attached hydrogen (secondary N) is 1. The number of methoxy groups -OCH3 is 1. The Morgan fingerprint density at radius 2 is 1.91 bits per heavy atom. The first-order valence-corrected chi connectivity index (χ1v) is 7.78. The number of rotatable bonds is 6. The fraction of sp³-hybridized carbons (Fsp3) is 0.235. The highest BCUT2D eigenvalue weighted by molar-refractivity contribution is 6.35. The van der Waals surface area contributed by atoms with E-state index in [9.17, 15) is 4.79 Å². The minimum absolute atomic E-state index is 0.248. The van der Waals surface area contributed by atoms with Crippen LogP contribution in [0.15, 0.2) is 42.5 Å². The molecule has 23 heavy (non-hydrogen) atoms. The van der Waals surface area contributed by atoms with E-state index < -0.39 is 6.10 Å². The lowest BCUT2D eigenvalue weighted by Crippen LogP contribution is -2.36. The van der Waals surface area contributed by atoms with Crippen molar-refractivity contribution in [3.05, 3.63) is 58.1 Å². The first kappa shape index (κ1) is 17.4. The molecule has 0 aromatic heterocycles. The van der Waals surface area contributed by atoms with E-state index in [0.717, 1.165) is 11.3 Å². The van der Waals surface area contributed by atoms with Crippen LogP contribution in [0, 0.1) is 0 Å². The molecule has 0 bridgehead atoms. The average molecular weight is 354 g/mol. The number of benzene rings is 2. The lowest BCUT2D eigenvalue weighted by molar-refractivity contribution is -0.127. The summed E-state index contributed by atoms with van der Waals surface area (Å²) >= 11 is 11.9. The molecule has 2 rings (SSSR count). The van der Waals surface area contributed by atoms with E-state index >= 15 is 0 Å². The van der Waals surface area contributed by atoms with Crippen LogP contribution in [0.25, 0.3) is 0 Å². The van der Waals surface area contributed by atoms with Gasteiger partial charge in [0, 0.05) is 17.1 Å². The summed E-state index contributed by atoms with van der Waals surface area (Å²) in [4.78, 5) is 12.2. The van der Waals surface area contributed by atoms with Crippen LogP contribution in [0.5, 0.6) is 11.5 Å². The Bertz CT molecular complexity index is 691. The van der Waals surface area contributed by atoms with Gasteiger partial charge in [0.15, 0.2) is 6.10 Å². The molecule has 2 aromatic rings. The Hall–Kier alpha value is -1.91. The largest absolute Gasteiger partial charge is 0.496 e. The second-order valence-electron chi connectivity index (χ2n) is 4.86. The van der Waals surface area contributed by atoms with Crippen molar-refractivity contribution in [1.82, 2.24) is 5.32 Å². The Kier molecular flexibility index (Phi) is 6.13. The molecule has 2 aromatic carbocycles. The lowest BCUT2D eigenvalue weighted by atomic mass is 10.2. The number of para-hydroxylation sites is 1. The number of carbonyl (C=O) groups excluding carboxylic acids is 1. The summed E-state index contributed by atoms with van der Waals surface area (Å²) in [6.45, 7) is 2.01. The Morgan fingerprint density at radius 3 is 2.61 bits per heavy atom. The lowest BCUT2D eigenvalue weighted by Gasteiger charge is -2.16. The van der Waals surface area contributed by atoms with E-state index in [1.54, 1.807) is 32.2 Å². The Balaban J connectivity index is 1.95. The zero-order valence-corrected chi connectivity index (χ0v) is 14.3. The molecule has 0 radical (unpaired) electrons. The van der Waals surface area contributed by atoms with E-state index in [4.69, 9.17) is 32.7 Å². The van der Waals surface area contributed by atoms with Crippen molar-refractivity contribution in [2.45, 2.75) is 19.6 Å². The number of halogens is 2. The average Bonchev–Trinajstić information content (AvgIpc) is 2.55. The van der Waals surface area contributed by atoms with Crippen LogP contribution in [0.4, 0.5) is 0 Å². The molecule has 1 N–H and O–H groups in total. The third-order valence-corrected chi connectivity index (χ3v) is 3.74. The molecule has 1 amide bonds. The molecule has 0 spiro atoms. The Morgan fingerprint density at radius 1 is 1.17 bits per heavy atom. The smallest absolute Gasteiger partial charge is 0.261 e. The van der Waals surface area contributed by atoms with Gasteiger partial charge in [0.05, 0.1) is 12.1 Å². The maximum absolute atomic E-state index is 12.2. The second kappa shape index (κ2) is 8.09. The van der Waals surface area contributed by atoms with Gasteiger partial charge in [-0.2, -0.15) is 0 Å². The molecule has 122 valence electrons.